The Morgan fingerprint density at radius 2 is 1.43 bits per heavy atom. The molecular formula is C27H40N2O. The number of rotatable bonds is 12. The maximum Gasteiger partial charge on any atom is 0.159 e. The first-order valence-electron chi connectivity index (χ1n) is 12.3. The van der Waals surface area contributed by atoms with Gasteiger partial charge in [-0.25, -0.2) is 9.97 Å². The number of hydrogen-bond donors (Lipinski definition) is 0. The van der Waals surface area contributed by atoms with Crippen molar-refractivity contribution in [2.24, 2.45) is 11.8 Å². The van der Waals surface area contributed by atoms with E-state index in [4.69, 9.17) is 4.74 Å². The third kappa shape index (κ3) is 7.41. The zero-order valence-corrected chi connectivity index (χ0v) is 19.1. The maximum absolute atomic E-state index is 6.10. The zero-order valence-electron chi connectivity index (χ0n) is 19.1. The molecule has 1 aromatic heterocycles. The highest BCUT2D eigenvalue weighted by atomic mass is 16.5. The van der Waals surface area contributed by atoms with Crippen molar-refractivity contribution >= 4 is 0 Å². The van der Waals surface area contributed by atoms with E-state index in [9.17, 15) is 0 Å². The van der Waals surface area contributed by atoms with Crippen LogP contribution in [0.25, 0.3) is 11.4 Å². The molecule has 0 radical (unpaired) electrons. The Morgan fingerprint density at radius 3 is 2.10 bits per heavy atom. The quantitative estimate of drug-likeness (QED) is 0.338. The average molecular weight is 409 g/mol. The van der Waals surface area contributed by atoms with Crippen molar-refractivity contribution in [2.45, 2.75) is 90.9 Å². The summed E-state index contributed by atoms with van der Waals surface area (Å²) >= 11 is 0. The van der Waals surface area contributed by atoms with E-state index in [-0.39, 0.29) is 0 Å². The van der Waals surface area contributed by atoms with Crippen LogP contribution in [-0.4, -0.2) is 16.6 Å². The lowest BCUT2D eigenvalue weighted by molar-refractivity contribution is 0.177. The van der Waals surface area contributed by atoms with Crippen LogP contribution < -0.4 is 4.74 Å². The fourth-order valence-electron chi connectivity index (χ4n) is 4.50. The lowest BCUT2D eigenvalue weighted by atomic mass is 9.80. The predicted octanol–water partition coefficient (Wildman–Crippen LogP) is 7.64. The van der Waals surface area contributed by atoms with Crippen molar-refractivity contribution < 1.29 is 4.74 Å². The number of nitrogens with zero attached hydrogens (tertiary/aromatic N) is 2. The number of ether oxygens (including phenoxy) is 1. The Balaban J connectivity index is 1.41. The van der Waals surface area contributed by atoms with Crippen LogP contribution in [0.5, 0.6) is 5.75 Å². The van der Waals surface area contributed by atoms with E-state index in [1.807, 2.05) is 12.4 Å². The molecule has 30 heavy (non-hydrogen) atoms. The van der Waals surface area contributed by atoms with Gasteiger partial charge in [0.05, 0.1) is 6.61 Å². The summed E-state index contributed by atoms with van der Waals surface area (Å²) in [7, 11) is 0. The van der Waals surface area contributed by atoms with Crippen LogP contribution in [0.15, 0.2) is 36.7 Å². The lowest BCUT2D eigenvalue weighted by Gasteiger charge is -2.28. The first kappa shape index (κ1) is 22.8. The van der Waals surface area contributed by atoms with Gasteiger partial charge in [-0.3, -0.25) is 0 Å². The molecule has 3 rings (SSSR count). The average Bonchev–Trinajstić information content (AvgIpc) is 2.80. The summed E-state index contributed by atoms with van der Waals surface area (Å²) in [6.45, 7) is 5.37. The second-order valence-electron chi connectivity index (χ2n) is 9.09. The smallest absolute Gasteiger partial charge is 0.159 e. The van der Waals surface area contributed by atoms with Crippen molar-refractivity contribution in [2.75, 3.05) is 6.61 Å². The van der Waals surface area contributed by atoms with Crippen LogP contribution >= 0.6 is 0 Å². The van der Waals surface area contributed by atoms with Gasteiger partial charge in [-0.05, 0) is 67.3 Å². The fourth-order valence-corrected chi connectivity index (χ4v) is 4.50. The molecule has 164 valence electrons. The molecule has 1 heterocycles. The van der Waals surface area contributed by atoms with Gasteiger partial charge in [0.1, 0.15) is 5.75 Å². The van der Waals surface area contributed by atoms with Crippen LogP contribution in [0.2, 0.25) is 0 Å². The molecule has 3 nitrogen and oxygen atoms in total. The lowest BCUT2D eigenvalue weighted by Crippen LogP contribution is -2.20. The summed E-state index contributed by atoms with van der Waals surface area (Å²) in [5.74, 6) is 3.43. The van der Waals surface area contributed by atoms with Gasteiger partial charge < -0.3 is 4.74 Å². The summed E-state index contributed by atoms with van der Waals surface area (Å²) < 4.78 is 6.10. The summed E-state index contributed by atoms with van der Waals surface area (Å²) in [6.07, 6.45) is 19.8. The Morgan fingerprint density at radius 1 is 0.800 bits per heavy atom. The Labute approximate surface area is 183 Å². The molecule has 1 aliphatic rings. The minimum atomic E-state index is 0.718. The Bertz CT molecular complexity index is 703. The zero-order chi connectivity index (χ0) is 21.0. The fraction of sp³-hybridized carbons (Fsp3) is 0.630. The summed E-state index contributed by atoms with van der Waals surface area (Å²) in [6, 6.07) is 8.27. The minimum absolute atomic E-state index is 0.718. The molecule has 0 saturated heterocycles. The third-order valence-electron chi connectivity index (χ3n) is 6.55. The molecule has 1 saturated carbocycles. The molecule has 1 fully saturated rings. The van der Waals surface area contributed by atoms with Gasteiger partial charge >= 0.3 is 0 Å². The van der Waals surface area contributed by atoms with Gasteiger partial charge in [0.15, 0.2) is 5.82 Å². The van der Waals surface area contributed by atoms with Gasteiger partial charge in [-0.2, -0.15) is 0 Å². The van der Waals surface area contributed by atoms with Gasteiger partial charge in [0.2, 0.25) is 0 Å². The predicted molar refractivity (Wildman–Crippen MR) is 126 cm³/mol. The molecule has 2 aromatic rings. The van der Waals surface area contributed by atoms with Crippen molar-refractivity contribution in [1.82, 2.24) is 9.97 Å². The van der Waals surface area contributed by atoms with Crippen LogP contribution in [0.4, 0.5) is 0 Å². The van der Waals surface area contributed by atoms with Crippen molar-refractivity contribution in [3.63, 3.8) is 0 Å². The van der Waals surface area contributed by atoms with E-state index in [1.165, 1.54) is 76.2 Å². The molecule has 0 bridgehead atoms. The molecule has 0 spiro atoms. The van der Waals surface area contributed by atoms with Crippen molar-refractivity contribution in [1.29, 1.82) is 0 Å². The molecule has 0 N–H and O–H groups in total. The summed E-state index contributed by atoms with van der Waals surface area (Å²) in [5, 5.41) is 0. The van der Waals surface area contributed by atoms with E-state index in [0.717, 1.165) is 42.0 Å². The standard InChI is InChI=1S/C27H40N2O/c1-3-5-7-9-22-11-13-23(14-12-22)21-30-26-17-15-25(16-18-26)27-28-19-24(20-29-27)10-8-6-4-2/h15-20,22-23H,3-14,21H2,1-2H3/t22-,23-. The van der Waals surface area contributed by atoms with E-state index < -0.39 is 0 Å². The second-order valence-corrected chi connectivity index (χ2v) is 9.09. The normalized spacial score (nSPS) is 19.0. The van der Waals surface area contributed by atoms with Crippen LogP contribution in [0, 0.1) is 11.8 Å². The first-order chi connectivity index (χ1) is 14.8. The van der Waals surface area contributed by atoms with E-state index in [2.05, 4.69) is 48.1 Å². The number of aromatic nitrogens is 2. The highest BCUT2D eigenvalue weighted by Crippen LogP contribution is 2.32. The molecular weight excluding hydrogens is 368 g/mol. The molecule has 0 atom stereocenters. The highest BCUT2D eigenvalue weighted by molar-refractivity contribution is 5.55. The topological polar surface area (TPSA) is 35.0 Å². The van der Waals surface area contributed by atoms with Gasteiger partial charge in [-0.1, -0.05) is 65.2 Å². The van der Waals surface area contributed by atoms with Crippen molar-refractivity contribution in [3.05, 3.63) is 42.2 Å². The van der Waals surface area contributed by atoms with E-state index >= 15 is 0 Å². The van der Waals surface area contributed by atoms with Crippen LogP contribution in [-0.2, 0) is 6.42 Å². The molecule has 0 amide bonds. The van der Waals surface area contributed by atoms with E-state index in [1.54, 1.807) is 0 Å². The number of hydrogen-bond acceptors (Lipinski definition) is 3. The third-order valence-corrected chi connectivity index (χ3v) is 6.55. The van der Waals surface area contributed by atoms with Gasteiger partial charge in [0, 0.05) is 18.0 Å². The van der Waals surface area contributed by atoms with Crippen LogP contribution in [0.1, 0.15) is 90.0 Å². The Hall–Kier alpha value is -1.90. The maximum atomic E-state index is 6.10. The number of benzene rings is 1. The first-order valence-corrected chi connectivity index (χ1v) is 12.3. The van der Waals surface area contributed by atoms with E-state index in [0.29, 0.717) is 0 Å². The van der Waals surface area contributed by atoms with Crippen molar-refractivity contribution in [3.8, 4) is 17.1 Å². The highest BCUT2D eigenvalue weighted by Gasteiger charge is 2.21. The molecule has 3 heteroatoms. The SMILES string of the molecule is CCCCCc1cnc(-c2ccc(OC[C@H]3CC[C@H](CCCCC)CC3)cc2)nc1. The largest absolute Gasteiger partial charge is 0.493 e. The number of unbranched alkanes of at least 4 members (excludes halogenated alkanes) is 4. The Kier molecular flexibility index (Phi) is 9.66. The summed E-state index contributed by atoms with van der Waals surface area (Å²) in [5.41, 5.74) is 2.28. The van der Waals surface area contributed by atoms with Gasteiger partial charge in [-0.15, -0.1) is 0 Å². The minimum Gasteiger partial charge on any atom is -0.493 e. The molecule has 0 unspecified atom stereocenters. The molecule has 1 aliphatic carbocycles. The van der Waals surface area contributed by atoms with Crippen LogP contribution in [0.3, 0.4) is 0 Å². The molecule has 0 aliphatic heterocycles. The van der Waals surface area contributed by atoms with Gasteiger partial charge in [0.25, 0.3) is 0 Å². The monoisotopic (exact) mass is 408 g/mol. The number of aryl methyl sites for hydroxylation is 1. The second kappa shape index (κ2) is 12.7. The molecule has 1 aromatic carbocycles. The summed E-state index contributed by atoms with van der Waals surface area (Å²) in [4.78, 5) is 9.12.